The van der Waals surface area contributed by atoms with E-state index in [0.29, 0.717) is 28.4 Å². The molecule has 1 aromatic heterocycles. The maximum atomic E-state index is 12.6. The summed E-state index contributed by atoms with van der Waals surface area (Å²) in [4.78, 5) is 27.8. The molecular formula is C19H19N3O5S. The maximum Gasteiger partial charge on any atom is 0.289 e. The Morgan fingerprint density at radius 2 is 2.04 bits per heavy atom. The van der Waals surface area contributed by atoms with E-state index in [2.05, 4.69) is 4.99 Å². The lowest BCUT2D eigenvalue weighted by molar-refractivity contribution is -0.384. The normalized spacial score (nSPS) is 12.9. The van der Waals surface area contributed by atoms with Crippen molar-refractivity contribution in [3.05, 3.63) is 63.4 Å². The summed E-state index contributed by atoms with van der Waals surface area (Å²) in [6, 6.07) is 13.6. The highest BCUT2D eigenvalue weighted by Crippen LogP contribution is 2.23. The first kappa shape index (κ1) is 19.7. The highest BCUT2D eigenvalue weighted by molar-refractivity contribution is 7.16. The second-order valence-corrected chi connectivity index (χ2v) is 6.97. The molecule has 0 bridgehead atoms. The zero-order valence-electron chi connectivity index (χ0n) is 15.4. The summed E-state index contributed by atoms with van der Waals surface area (Å²) in [6.07, 6.45) is -0.766. The van der Waals surface area contributed by atoms with Crippen LogP contribution in [0, 0.1) is 10.1 Å². The average Bonchev–Trinajstić information content (AvgIpc) is 3.03. The quantitative estimate of drug-likeness (QED) is 0.448. The first-order valence-electron chi connectivity index (χ1n) is 8.56. The van der Waals surface area contributed by atoms with Crippen LogP contribution in [-0.2, 0) is 16.1 Å². The number of nitro benzene ring substituents is 1. The Kier molecular flexibility index (Phi) is 6.17. The average molecular weight is 401 g/mol. The van der Waals surface area contributed by atoms with Gasteiger partial charge in [-0.05, 0) is 25.1 Å². The Labute approximate surface area is 164 Å². The van der Waals surface area contributed by atoms with Crippen molar-refractivity contribution in [2.75, 3.05) is 13.7 Å². The lowest BCUT2D eigenvalue weighted by Gasteiger charge is -2.10. The van der Waals surface area contributed by atoms with E-state index in [1.807, 2.05) is 22.8 Å². The van der Waals surface area contributed by atoms with Gasteiger partial charge in [0.2, 0.25) is 0 Å². The number of hydrogen-bond acceptors (Lipinski definition) is 6. The summed E-state index contributed by atoms with van der Waals surface area (Å²) < 4.78 is 13.3. The molecular weight excluding hydrogens is 382 g/mol. The topological polar surface area (TPSA) is 96.0 Å². The predicted molar refractivity (Wildman–Crippen MR) is 105 cm³/mol. The number of rotatable bonds is 7. The van der Waals surface area contributed by atoms with Crippen LogP contribution in [0.25, 0.3) is 10.2 Å². The van der Waals surface area contributed by atoms with Crippen molar-refractivity contribution in [2.45, 2.75) is 19.6 Å². The van der Waals surface area contributed by atoms with E-state index in [-0.39, 0.29) is 5.69 Å². The number of amides is 1. The van der Waals surface area contributed by atoms with Crippen LogP contribution in [0.15, 0.2) is 53.5 Å². The van der Waals surface area contributed by atoms with Crippen LogP contribution in [0.3, 0.4) is 0 Å². The smallest absolute Gasteiger partial charge is 0.289 e. The van der Waals surface area contributed by atoms with Gasteiger partial charge in [-0.2, -0.15) is 4.99 Å². The third-order valence-electron chi connectivity index (χ3n) is 4.01. The van der Waals surface area contributed by atoms with Crippen molar-refractivity contribution in [2.24, 2.45) is 4.99 Å². The van der Waals surface area contributed by atoms with Crippen LogP contribution in [0.5, 0.6) is 5.75 Å². The lowest BCUT2D eigenvalue weighted by atomic mass is 10.3. The van der Waals surface area contributed by atoms with Crippen LogP contribution in [0.2, 0.25) is 0 Å². The van der Waals surface area contributed by atoms with Crippen LogP contribution in [-0.4, -0.2) is 35.2 Å². The minimum absolute atomic E-state index is 0.00806. The second-order valence-electron chi connectivity index (χ2n) is 5.96. The zero-order valence-corrected chi connectivity index (χ0v) is 16.2. The second kappa shape index (κ2) is 8.77. The number of methoxy groups -OCH3 is 1. The molecule has 0 radical (unpaired) electrons. The van der Waals surface area contributed by atoms with Crippen molar-refractivity contribution in [3.8, 4) is 5.75 Å². The molecule has 8 nitrogen and oxygen atoms in total. The van der Waals surface area contributed by atoms with E-state index in [4.69, 9.17) is 9.47 Å². The first-order valence-corrected chi connectivity index (χ1v) is 9.38. The summed E-state index contributed by atoms with van der Waals surface area (Å²) in [6.45, 7) is 2.52. The van der Waals surface area contributed by atoms with Crippen LogP contribution in [0.4, 0.5) is 5.69 Å². The highest BCUT2D eigenvalue weighted by atomic mass is 32.1. The number of nitro groups is 1. The molecule has 0 spiro atoms. The van der Waals surface area contributed by atoms with Gasteiger partial charge < -0.3 is 14.0 Å². The fourth-order valence-electron chi connectivity index (χ4n) is 2.60. The summed E-state index contributed by atoms with van der Waals surface area (Å²) in [5, 5.41) is 11.0. The molecule has 0 N–H and O–H groups in total. The number of para-hydroxylation sites is 1. The maximum absolute atomic E-state index is 12.6. The van der Waals surface area contributed by atoms with Gasteiger partial charge in [-0.3, -0.25) is 14.9 Å². The highest BCUT2D eigenvalue weighted by Gasteiger charge is 2.16. The van der Waals surface area contributed by atoms with Gasteiger partial charge in [0.05, 0.1) is 21.7 Å². The molecule has 0 fully saturated rings. The molecule has 1 atom stereocenters. The number of carbonyl (C=O) groups is 1. The van der Waals surface area contributed by atoms with Gasteiger partial charge in [0.1, 0.15) is 5.75 Å². The number of hydrogen-bond donors (Lipinski definition) is 0. The molecule has 1 heterocycles. The van der Waals surface area contributed by atoms with Gasteiger partial charge in [0, 0.05) is 25.8 Å². The Hall–Kier alpha value is -3.04. The fraction of sp³-hybridized carbons (Fsp3) is 0.263. The number of nitrogens with zero attached hydrogens (tertiary/aromatic N) is 3. The number of aromatic nitrogens is 1. The lowest BCUT2D eigenvalue weighted by Crippen LogP contribution is -2.26. The number of thiazole rings is 1. The molecule has 1 unspecified atom stereocenters. The van der Waals surface area contributed by atoms with E-state index < -0.39 is 16.9 Å². The monoisotopic (exact) mass is 401 g/mol. The van der Waals surface area contributed by atoms with Gasteiger partial charge in [-0.25, -0.2) is 0 Å². The van der Waals surface area contributed by atoms with Crippen molar-refractivity contribution >= 4 is 33.1 Å². The van der Waals surface area contributed by atoms with E-state index in [1.54, 1.807) is 32.2 Å². The zero-order chi connectivity index (χ0) is 20.1. The number of benzene rings is 2. The van der Waals surface area contributed by atoms with Crippen molar-refractivity contribution in [1.29, 1.82) is 0 Å². The first-order chi connectivity index (χ1) is 13.5. The Morgan fingerprint density at radius 3 is 2.71 bits per heavy atom. The van der Waals surface area contributed by atoms with Crippen molar-refractivity contribution in [1.82, 2.24) is 4.57 Å². The summed E-state index contributed by atoms with van der Waals surface area (Å²) in [7, 11) is 1.58. The molecule has 3 aromatic rings. The number of fused-ring (bicyclic) bond motifs is 1. The van der Waals surface area contributed by atoms with Crippen LogP contribution >= 0.6 is 11.3 Å². The molecule has 28 heavy (non-hydrogen) atoms. The number of carbonyl (C=O) groups excluding carboxylic acids is 1. The van der Waals surface area contributed by atoms with Crippen molar-refractivity contribution < 1.29 is 19.2 Å². The molecule has 0 aliphatic carbocycles. The predicted octanol–water partition coefficient (Wildman–Crippen LogP) is 3.15. The SMILES string of the molecule is COCCn1c(=NC(=O)C(C)Oc2ccccc2)sc2cc([N+](=O)[O-])ccc21. The van der Waals surface area contributed by atoms with Crippen molar-refractivity contribution in [3.63, 3.8) is 0 Å². The summed E-state index contributed by atoms with van der Waals surface area (Å²) in [5.74, 6) is 0.147. The molecule has 0 aliphatic rings. The molecule has 0 aliphatic heterocycles. The number of non-ortho nitro benzene ring substituents is 1. The van der Waals surface area contributed by atoms with Crippen LogP contribution < -0.4 is 9.54 Å². The molecule has 146 valence electrons. The molecule has 0 saturated heterocycles. The van der Waals surface area contributed by atoms with Gasteiger partial charge in [-0.15, -0.1) is 0 Å². The minimum atomic E-state index is -0.766. The van der Waals surface area contributed by atoms with E-state index in [9.17, 15) is 14.9 Å². The minimum Gasteiger partial charge on any atom is -0.481 e. The third kappa shape index (κ3) is 4.44. The van der Waals surface area contributed by atoms with Gasteiger partial charge in [-0.1, -0.05) is 29.5 Å². The number of ether oxygens (including phenoxy) is 2. The standard InChI is InChI=1S/C19H19N3O5S/c1-13(27-15-6-4-3-5-7-15)18(23)20-19-21(10-11-26-2)16-9-8-14(22(24)25)12-17(16)28-19/h3-9,12-13H,10-11H2,1-2H3. The van der Waals surface area contributed by atoms with Crippen LogP contribution in [0.1, 0.15) is 6.92 Å². The molecule has 3 rings (SSSR count). The van der Waals surface area contributed by atoms with Gasteiger partial charge in [0.25, 0.3) is 11.6 Å². The fourth-order valence-corrected chi connectivity index (χ4v) is 3.69. The molecule has 1 amide bonds. The molecule has 2 aromatic carbocycles. The summed E-state index contributed by atoms with van der Waals surface area (Å²) >= 11 is 1.22. The Balaban J connectivity index is 1.96. The Bertz CT molecular complexity index is 1060. The van der Waals surface area contributed by atoms with E-state index in [1.165, 1.54) is 23.5 Å². The largest absolute Gasteiger partial charge is 0.481 e. The van der Waals surface area contributed by atoms with E-state index >= 15 is 0 Å². The molecule has 9 heteroatoms. The van der Waals surface area contributed by atoms with Gasteiger partial charge >= 0.3 is 0 Å². The third-order valence-corrected chi connectivity index (χ3v) is 5.05. The Morgan fingerprint density at radius 1 is 1.29 bits per heavy atom. The van der Waals surface area contributed by atoms with Gasteiger partial charge in [0.15, 0.2) is 10.9 Å². The van der Waals surface area contributed by atoms with E-state index in [0.717, 1.165) is 5.52 Å². The molecule has 0 saturated carbocycles. The summed E-state index contributed by atoms with van der Waals surface area (Å²) in [5.41, 5.74) is 0.752.